The van der Waals surface area contributed by atoms with Crippen LogP contribution < -0.4 is 0 Å². The van der Waals surface area contributed by atoms with Crippen LogP contribution in [0.15, 0.2) is 0 Å². The van der Waals surface area contributed by atoms with Crippen molar-refractivity contribution in [2.24, 2.45) is 11.8 Å². The second kappa shape index (κ2) is 7.17. The molecule has 0 N–H and O–H groups in total. The smallest absolute Gasteiger partial charge is 0.00623 e. The van der Waals surface area contributed by atoms with Crippen LogP contribution in [0.1, 0.15) is 38.5 Å². The molecule has 0 nitrogen and oxygen atoms in total. The number of halogens is 1. The van der Waals surface area contributed by atoms with Gasteiger partial charge in [0.1, 0.15) is 0 Å². The molecule has 0 amide bonds. The average Bonchev–Trinajstić information content (AvgIpc) is 2.65. The zero-order valence-corrected chi connectivity index (χ0v) is 11.0. The molecule has 1 rings (SSSR count). The van der Waals surface area contributed by atoms with Crippen LogP contribution in [-0.2, 0) is 0 Å². The second-order valence-electron chi connectivity index (χ2n) is 4.09. The van der Waals surface area contributed by atoms with Crippen molar-refractivity contribution in [2.45, 2.75) is 38.5 Å². The van der Waals surface area contributed by atoms with E-state index in [0.29, 0.717) is 0 Å². The topological polar surface area (TPSA) is 0 Å². The third-order valence-electron chi connectivity index (χ3n) is 3.19. The van der Waals surface area contributed by atoms with Crippen molar-refractivity contribution in [1.29, 1.82) is 0 Å². The summed E-state index contributed by atoms with van der Waals surface area (Å²) < 4.78 is 0. The summed E-state index contributed by atoms with van der Waals surface area (Å²) in [6.45, 7) is 0. The van der Waals surface area contributed by atoms with Gasteiger partial charge in [-0.3, -0.25) is 0 Å². The van der Waals surface area contributed by atoms with Crippen LogP contribution >= 0.6 is 27.7 Å². The Hall–Kier alpha value is 0.830. The van der Waals surface area contributed by atoms with Gasteiger partial charge in [0.25, 0.3) is 0 Å². The molecule has 0 saturated heterocycles. The van der Waals surface area contributed by atoms with E-state index in [2.05, 4.69) is 22.2 Å². The molecule has 13 heavy (non-hydrogen) atoms. The monoisotopic (exact) mass is 264 g/mol. The Bertz CT molecular complexity index is 121. The van der Waals surface area contributed by atoms with Gasteiger partial charge in [-0.1, -0.05) is 41.6 Å². The van der Waals surface area contributed by atoms with Crippen LogP contribution in [0.3, 0.4) is 0 Å². The molecule has 0 bridgehead atoms. The maximum absolute atomic E-state index is 3.67. The predicted molar refractivity (Wildman–Crippen MR) is 66.9 cm³/mol. The molecule has 2 heteroatoms. The number of hydrogen-bond donors (Lipinski definition) is 0. The summed E-state index contributed by atoms with van der Waals surface area (Å²) in [5, 5.41) is 1.23. The summed E-state index contributed by atoms with van der Waals surface area (Å²) in [5.41, 5.74) is 0. The third kappa shape index (κ3) is 4.24. The van der Waals surface area contributed by atoms with E-state index in [0.717, 1.165) is 11.8 Å². The minimum absolute atomic E-state index is 0.967. The van der Waals surface area contributed by atoms with Crippen LogP contribution in [0.4, 0.5) is 0 Å². The summed E-state index contributed by atoms with van der Waals surface area (Å²) >= 11 is 5.65. The van der Waals surface area contributed by atoms with Crippen molar-refractivity contribution >= 4 is 27.7 Å². The highest BCUT2D eigenvalue weighted by Gasteiger charge is 2.23. The zero-order chi connectivity index (χ0) is 9.52. The Morgan fingerprint density at radius 2 is 2.08 bits per heavy atom. The van der Waals surface area contributed by atoms with Crippen molar-refractivity contribution in [1.82, 2.24) is 0 Å². The molecule has 0 radical (unpaired) electrons. The minimum atomic E-state index is 0.967. The highest BCUT2D eigenvalue weighted by atomic mass is 79.9. The van der Waals surface area contributed by atoms with Gasteiger partial charge in [0.2, 0.25) is 0 Å². The third-order valence-corrected chi connectivity index (χ3v) is 4.72. The van der Waals surface area contributed by atoms with Crippen LogP contribution in [0.2, 0.25) is 0 Å². The first-order valence-corrected chi connectivity index (χ1v) is 7.95. The molecule has 1 fully saturated rings. The highest BCUT2D eigenvalue weighted by molar-refractivity contribution is 9.09. The van der Waals surface area contributed by atoms with Crippen LogP contribution in [0.5, 0.6) is 0 Å². The molecule has 78 valence electrons. The highest BCUT2D eigenvalue weighted by Crippen LogP contribution is 2.34. The van der Waals surface area contributed by atoms with Crippen molar-refractivity contribution in [3.05, 3.63) is 0 Å². The van der Waals surface area contributed by atoms with Crippen LogP contribution in [0.25, 0.3) is 0 Å². The van der Waals surface area contributed by atoms with Crippen molar-refractivity contribution in [3.63, 3.8) is 0 Å². The van der Waals surface area contributed by atoms with Gasteiger partial charge < -0.3 is 0 Å². The first-order valence-electron chi connectivity index (χ1n) is 5.43. The Morgan fingerprint density at radius 3 is 2.62 bits per heavy atom. The van der Waals surface area contributed by atoms with Crippen molar-refractivity contribution in [2.75, 3.05) is 17.3 Å². The Morgan fingerprint density at radius 1 is 1.38 bits per heavy atom. The molecule has 0 heterocycles. The van der Waals surface area contributed by atoms with Gasteiger partial charge in [0, 0.05) is 5.33 Å². The second-order valence-corrected chi connectivity index (χ2v) is 5.73. The lowest BCUT2D eigenvalue weighted by Crippen LogP contribution is -2.13. The average molecular weight is 265 g/mol. The predicted octanol–water partition coefficient (Wildman–Crippen LogP) is 4.33. The van der Waals surface area contributed by atoms with Gasteiger partial charge in [-0.25, -0.2) is 0 Å². The van der Waals surface area contributed by atoms with Crippen LogP contribution in [-0.4, -0.2) is 17.3 Å². The standard InChI is InChI=1S/C11H21BrS/c1-13-8-4-7-11(9-12)10-5-2-3-6-10/h10-11H,2-9H2,1H3. The summed E-state index contributed by atoms with van der Waals surface area (Å²) in [5.74, 6) is 3.35. The van der Waals surface area contributed by atoms with Crippen molar-refractivity contribution in [3.8, 4) is 0 Å². The van der Waals surface area contributed by atoms with Crippen LogP contribution in [0, 0.1) is 11.8 Å². The van der Waals surface area contributed by atoms with E-state index in [4.69, 9.17) is 0 Å². The van der Waals surface area contributed by atoms with E-state index >= 15 is 0 Å². The summed E-state index contributed by atoms with van der Waals surface area (Å²) in [6.07, 6.45) is 11.0. The molecule has 1 aliphatic carbocycles. The molecule has 1 unspecified atom stereocenters. The summed E-state index contributed by atoms with van der Waals surface area (Å²) in [6, 6.07) is 0. The van der Waals surface area contributed by atoms with E-state index in [9.17, 15) is 0 Å². The Balaban J connectivity index is 2.16. The fourth-order valence-corrected chi connectivity index (χ4v) is 3.67. The van der Waals surface area contributed by atoms with Gasteiger partial charge >= 0.3 is 0 Å². The number of hydrogen-bond acceptors (Lipinski definition) is 1. The van der Waals surface area contributed by atoms with Gasteiger partial charge in [-0.15, -0.1) is 0 Å². The van der Waals surface area contributed by atoms with Gasteiger partial charge in [-0.2, -0.15) is 11.8 Å². The zero-order valence-electron chi connectivity index (χ0n) is 8.60. The fraction of sp³-hybridized carbons (Fsp3) is 1.00. The molecule has 1 saturated carbocycles. The molecule has 0 spiro atoms. The Labute approximate surface area is 95.4 Å². The summed E-state index contributed by atoms with van der Waals surface area (Å²) in [4.78, 5) is 0. The minimum Gasteiger partial charge on any atom is -0.165 e. The molecule has 0 aromatic heterocycles. The quantitative estimate of drug-likeness (QED) is 0.509. The first kappa shape index (κ1) is 11.9. The molecule has 1 atom stereocenters. The lowest BCUT2D eigenvalue weighted by atomic mass is 9.89. The maximum Gasteiger partial charge on any atom is 0.00623 e. The lowest BCUT2D eigenvalue weighted by Gasteiger charge is -2.20. The lowest BCUT2D eigenvalue weighted by molar-refractivity contribution is 0.352. The molecule has 0 aromatic rings. The number of thioether (sulfide) groups is 1. The molecule has 1 aliphatic rings. The number of alkyl halides is 1. The fourth-order valence-electron chi connectivity index (χ4n) is 2.36. The summed E-state index contributed by atoms with van der Waals surface area (Å²) in [7, 11) is 0. The molecular formula is C11H21BrS. The van der Waals surface area contributed by atoms with E-state index in [-0.39, 0.29) is 0 Å². The van der Waals surface area contributed by atoms with Gasteiger partial charge in [0.05, 0.1) is 0 Å². The molecule has 0 aliphatic heterocycles. The Kier molecular flexibility index (Phi) is 6.56. The van der Waals surface area contributed by atoms with E-state index in [1.54, 1.807) is 0 Å². The normalized spacial score (nSPS) is 20.8. The van der Waals surface area contributed by atoms with Gasteiger partial charge in [0.15, 0.2) is 0 Å². The SMILES string of the molecule is CSCCCC(CBr)C1CCCC1. The van der Waals surface area contributed by atoms with E-state index < -0.39 is 0 Å². The molecular weight excluding hydrogens is 244 g/mol. The van der Waals surface area contributed by atoms with Crippen molar-refractivity contribution < 1.29 is 0 Å². The molecule has 0 aromatic carbocycles. The largest absolute Gasteiger partial charge is 0.165 e. The van der Waals surface area contributed by atoms with E-state index in [1.807, 2.05) is 11.8 Å². The number of rotatable bonds is 6. The van der Waals surface area contributed by atoms with Gasteiger partial charge in [-0.05, 0) is 36.7 Å². The first-order chi connectivity index (χ1) is 6.38. The van der Waals surface area contributed by atoms with E-state index in [1.165, 1.54) is 49.6 Å². The maximum atomic E-state index is 3.67.